The van der Waals surface area contributed by atoms with Crippen LogP contribution in [0.4, 0.5) is 5.82 Å². The highest BCUT2D eigenvalue weighted by molar-refractivity contribution is 5.80. The summed E-state index contributed by atoms with van der Waals surface area (Å²) in [5.74, 6) is 1.41. The van der Waals surface area contributed by atoms with E-state index in [1.807, 2.05) is 32.0 Å². The Morgan fingerprint density at radius 2 is 2.12 bits per heavy atom. The zero-order valence-corrected chi connectivity index (χ0v) is 9.25. The van der Waals surface area contributed by atoms with E-state index in [0.29, 0.717) is 5.82 Å². The van der Waals surface area contributed by atoms with Gasteiger partial charge in [0.2, 0.25) is 0 Å². The molecule has 0 aliphatic rings. The van der Waals surface area contributed by atoms with Crippen LogP contribution in [0, 0.1) is 13.8 Å². The zero-order valence-electron chi connectivity index (χ0n) is 9.25. The molecule has 0 fully saturated rings. The highest BCUT2D eigenvalue weighted by Crippen LogP contribution is 2.09. The SMILES string of the molecule is Cc1cc(N=Cc2cccnc2)nc(C)n1. The molecule has 16 heavy (non-hydrogen) atoms. The van der Waals surface area contributed by atoms with Crippen molar-refractivity contribution in [3.63, 3.8) is 0 Å². The Morgan fingerprint density at radius 3 is 2.81 bits per heavy atom. The number of nitrogens with zero attached hydrogens (tertiary/aromatic N) is 4. The largest absolute Gasteiger partial charge is 0.264 e. The summed E-state index contributed by atoms with van der Waals surface area (Å²) < 4.78 is 0. The second-order valence-corrected chi connectivity index (χ2v) is 3.46. The van der Waals surface area contributed by atoms with Crippen molar-refractivity contribution in [1.82, 2.24) is 15.0 Å². The third-order valence-corrected chi connectivity index (χ3v) is 1.98. The summed E-state index contributed by atoms with van der Waals surface area (Å²) in [7, 11) is 0. The van der Waals surface area contributed by atoms with Crippen LogP contribution in [0.15, 0.2) is 35.6 Å². The second kappa shape index (κ2) is 4.61. The molecule has 80 valence electrons. The molecule has 0 N–H and O–H groups in total. The molecule has 0 aliphatic carbocycles. The molecule has 2 heterocycles. The van der Waals surface area contributed by atoms with Gasteiger partial charge in [-0.1, -0.05) is 6.07 Å². The lowest BCUT2D eigenvalue weighted by Crippen LogP contribution is -1.90. The Labute approximate surface area is 94.1 Å². The van der Waals surface area contributed by atoms with E-state index in [-0.39, 0.29) is 0 Å². The third-order valence-electron chi connectivity index (χ3n) is 1.98. The molecule has 0 saturated heterocycles. The van der Waals surface area contributed by atoms with Crippen LogP contribution >= 0.6 is 0 Å². The number of aliphatic imine (C=N–C) groups is 1. The molecule has 0 spiro atoms. The molecule has 0 aromatic carbocycles. The molecular weight excluding hydrogens is 200 g/mol. The first-order chi connectivity index (χ1) is 7.74. The van der Waals surface area contributed by atoms with Crippen LogP contribution in [-0.4, -0.2) is 21.2 Å². The summed E-state index contributed by atoms with van der Waals surface area (Å²) in [5.41, 5.74) is 1.88. The fraction of sp³-hybridized carbons (Fsp3) is 0.167. The van der Waals surface area contributed by atoms with Crippen LogP contribution in [0.2, 0.25) is 0 Å². The predicted molar refractivity (Wildman–Crippen MR) is 63.0 cm³/mol. The molecule has 0 atom stereocenters. The summed E-state index contributed by atoms with van der Waals surface area (Å²) in [6.07, 6.45) is 5.23. The molecule has 0 saturated carbocycles. The van der Waals surface area contributed by atoms with E-state index in [1.54, 1.807) is 18.6 Å². The smallest absolute Gasteiger partial charge is 0.155 e. The van der Waals surface area contributed by atoms with Crippen molar-refractivity contribution in [3.8, 4) is 0 Å². The fourth-order valence-corrected chi connectivity index (χ4v) is 1.36. The molecule has 4 nitrogen and oxygen atoms in total. The molecule has 0 amide bonds. The summed E-state index contributed by atoms with van der Waals surface area (Å²) in [4.78, 5) is 16.7. The second-order valence-electron chi connectivity index (χ2n) is 3.46. The van der Waals surface area contributed by atoms with Crippen molar-refractivity contribution in [3.05, 3.63) is 47.7 Å². The zero-order chi connectivity index (χ0) is 11.4. The lowest BCUT2D eigenvalue weighted by Gasteiger charge is -1.97. The summed E-state index contributed by atoms with van der Waals surface area (Å²) in [6, 6.07) is 5.66. The van der Waals surface area contributed by atoms with Gasteiger partial charge in [-0.15, -0.1) is 0 Å². The fourth-order valence-electron chi connectivity index (χ4n) is 1.36. The maximum atomic E-state index is 4.28. The number of pyridine rings is 1. The Morgan fingerprint density at radius 1 is 1.25 bits per heavy atom. The van der Waals surface area contributed by atoms with Gasteiger partial charge in [0.05, 0.1) is 0 Å². The van der Waals surface area contributed by atoms with Crippen LogP contribution in [0.3, 0.4) is 0 Å². The number of hydrogen-bond acceptors (Lipinski definition) is 4. The average Bonchev–Trinajstić information content (AvgIpc) is 2.27. The van der Waals surface area contributed by atoms with E-state index in [2.05, 4.69) is 19.9 Å². The van der Waals surface area contributed by atoms with Crippen LogP contribution in [0.25, 0.3) is 0 Å². The summed E-state index contributed by atoms with van der Waals surface area (Å²) >= 11 is 0. The minimum absolute atomic E-state index is 0.675. The minimum Gasteiger partial charge on any atom is -0.264 e. The van der Waals surface area contributed by atoms with Gasteiger partial charge >= 0.3 is 0 Å². The monoisotopic (exact) mass is 212 g/mol. The molecule has 2 aromatic heterocycles. The van der Waals surface area contributed by atoms with Crippen molar-refractivity contribution in [2.45, 2.75) is 13.8 Å². The molecule has 0 aliphatic heterocycles. The Bertz CT molecular complexity index is 485. The summed E-state index contributed by atoms with van der Waals surface area (Å²) in [5, 5.41) is 0. The molecule has 0 unspecified atom stereocenters. The molecule has 4 heteroatoms. The Balaban J connectivity index is 2.24. The number of aryl methyl sites for hydroxylation is 2. The highest BCUT2D eigenvalue weighted by atomic mass is 15.0. The van der Waals surface area contributed by atoms with Gasteiger partial charge in [0, 0.05) is 35.9 Å². The first-order valence-electron chi connectivity index (χ1n) is 5.00. The van der Waals surface area contributed by atoms with E-state index >= 15 is 0 Å². The van der Waals surface area contributed by atoms with Crippen molar-refractivity contribution in [2.24, 2.45) is 4.99 Å². The van der Waals surface area contributed by atoms with Gasteiger partial charge in [0.25, 0.3) is 0 Å². The normalized spacial score (nSPS) is 10.9. The Hall–Kier alpha value is -2.10. The Kier molecular flexibility index (Phi) is 3.00. The number of hydrogen-bond donors (Lipinski definition) is 0. The van der Waals surface area contributed by atoms with Crippen LogP contribution in [0.5, 0.6) is 0 Å². The standard InChI is InChI=1S/C12H12N4/c1-9-6-12(16-10(2)15-9)14-8-11-4-3-5-13-7-11/h3-8H,1-2H3. The van der Waals surface area contributed by atoms with Gasteiger partial charge in [-0.2, -0.15) is 0 Å². The van der Waals surface area contributed by atoms with Gasteiger partial charge < -0.3 is 0 Å². The van der Waals surface area contributed by atoms with Gasteiger partial charge in [0.1, 0.15) is 5.82 Å². The van der Waals surface area contributed by atoms with Crippen molar-refractivity contribution < 1.29 is 0 Å². The lowest BCUT2D eigenvalue weighted by atomic mass is 10.3. The minimum atomic E-state index is 0.675. The van der Waals surface area contributed by atoms with E-state index in [9.17, 15) is 0 Å². The molecule has 0 radical (unpaired) electrons. The third kappa shape index (κ3) is 2.70. The van der Waals surface area contributed by atoms with Gasteiger partial charge in [-0.3, -0.25) is 4.98 Å². The van der Waals surface area contributed by atoms with Gasteiger partial charge in [-0.25, -0.2) is 15.0 Å². The van der Waals surface area contributed by atoms with Crippen molar-refractivity contribution in [2.75, 3.05) is 0 Å². The van der Waals surface area contributed by atoms with Crippen molar-refractivity contribution in [1.29, 1.82) is 0 Å². The molecular formula is C12H12N4. The van der Waals surface area contributed by atoms with Crippen LogP contribution < -0.4 is 0 Å². The highest BCUT2D eigenvalue weighted by Gasteiger charge is 1.95. The van der Waals surface area contributed by atoms with E-state index in [4.69, 9.17) is 0 Å². The topological polar surface area (TPSA) is 51.0 Å². The maximum Gasteiger partial charge on any atom is 0.155 e. The number of rotatable bonds is 2. The summed E-state index contributed by atoms with van der Waals surface area (Å²) in [6.45, 7) is 3.79. The predicted octanol–water partition coefficient (Wildman–Crippen LogP) is 2.24. The van der Waals surface area contributed by atoms with E-state index < -0.39 is 0 Å². The van der Waals surface area contributed by atoms with Crippen LogP contribution in [0.1, 0.15) is 17.1 Å². The van der Waals surface area contributed by atoms with Gasteiger partial charge in [0.15, 0.2) is 5.82 Å². The lowest BCUT2D eigenvalue weighted by molar-refractivity contribution is 1.01. The molecule has 2 rings (SSSR count). The molecule has 2 aromatic rings. The van der Waals surface area contributed by atoms with Crippen molar-refractivity contribution >= 4 is 12.0 Å². The average molecular weight is 212 g/mol. The molecule has 0 bridgehead atoms. The first-order valence-corrected chi connectivity index (χ1v) is 5.00. The van der Waals surface area contributed by atoms with Gasteiger partial charge in [-0.05, 0) is 19.9 Å². The maximum absolute atomic E-state index is 4.28. The quantitative estimate of drug-likeness (QED) is 0.717. The van der Waals surface area contributed by atoms with E-state index in [0.717, 1.165) is 17.1 Å². The van der Waals surface area contributed by atoms with Crippen LogP contribution in [-0.2, 0) is 0 Å². The van der Waals surface area contributed by atoms with E-state index in [1.165, 1.54) is 0 Å². The first kappa shape index (κ1) is 10.4. The number of aromatic nitrogens is 3.